The second-order valence-electron chi connectivity index (χ2n) is 4.36. The van der Waals surface area contributed by atoms with Crippen LogP contribution in [0.25, 0.3) is 0 Å². The molecule has 0 aromatic rings. The number of amides is 1. The number of hydrogen-bond donors (Lipinski definition) is 2. The number of rotatable bonds is 2. The lowest BCUT2D eigenvalue weighted by atomic mass is 9.79. The van der Waals surface area contributed by atoms with Gasteiger partial charge in [-0.1, -0.05) is 12.7 Å². The highest BCUT2D eigenvalue weighted by Crippen LogP contribution is 2.46. The van der Waals surface area contributed by atoms with Crippen LogP contribution in [0.4, 0.5) is 4.79 Å². The van der Waals surface area contributed by atoms with Crippen molar-refractivity contribution in [2.75, 3.05) is 6.54 Å². The summed E-state index contributed by atoms with van der Waals surface area (Å²) in [5.74, 6) is 0.172. The fourth-order valence-corrected chi connectivity index (χ4v) is 3.00. The molecule has 3 rings (SSSR count). The van der Waals surface area contributed by atoms with Crippen LogP contribution in [-0.2, 0) is 9.53 Å². The minimum absolute atomic E-state index is 0.00130. The molecule has 0 saturated carbocycles. The standard InChI is InChI=1S/C11H12N2O4/c1-2-5-6-3-4-12-7-8(6)13(9(7)14)10(5)17-11(15)16/h2,6-8,12H,1,3-4H2,(H,15,16)/t6?,7-,8+/m0/s1. The minimum atomic E-state index is -1.40. The quantitative estimate of drug-likeness (QED) is 0.532. The van der Waals surface area contributed by atoms with Gasteiger partial charge in [0, 0.05) is 11.5 Å². The zero-order chi connectivity index (χ0) is 12.2. The van der Waals surface area contributed by atoms with Gasteiger partial charge in [0.1, 0.15) is 6.04 Å². The van der Waals surface area contributed by atoms with Crippen molar-refractivity contribution in [1.29, 1.82) is 0 Å². The number of carbonyl (C=O) groups is 2. The highest BCUT2D eigenvalue weighted by molar-refractivity contribution is 5.93. The number of hydrogen-bond acceptors (Lipinski definition) is 4. The van der Waals surface area contributed by atoms with Gasteiger partial charge in [0.2, 0.25) is 11.8 Å². The Kier molecular flexibility index (Phi) is 2.03. The number of β-lactam (4-membered cyclic amide) rings is 1. The zero-order valence-electron chi connectivity index (χ0n) is 9.05. The summed E-state index contributed by atoms with van der Waals surface area (Å²) >= 11 is 0. The fraction of sp³-hybridized carbons (Fsp3) is 0.455. The molecule has 1 unspecified atom stereocenters. The van der Waals surface area contributed by atoms with Crippen molar-refractivity contribution in [2.45, 2.75) is 18.5 Å². The van der Waals surface area contributed by atoms with Crippen LogP contribution < -0.4 is 5.32 Å². The molecule has 1 amide bonds. The lowest BCUT2D eigenvalue weighted by molar-refractivity contribution is -0.152. The van der Waals surface area contributed by atoms with Crippen LogP contribution in [0.1, 0.15) is 6.42 Å². The van der Waals surface area contributed by atoms with Crippen LogP contribution in [0.2, 0.25) is 0 Å². The lowest BCUT2D eigenvalue weighted by Gasteiger charge is -2.48. The van der Waals surface area contributed by atoms with E-state index in [1.54, 1.807) is 6.08 Å². The van der Waals surface area contributed by atoms with Gasteiger partial charge >= 0.3 is 6.16 Å². The first-order valence-corrected chi connectivity index (χ1v) is 5.49. The Morgan fingerprint density at radius 3 is 3.06 bits per heavy atom. The van der Waals surface area contributed by atoms with Gasteiger partial charge in [0.25, 0.3) is 0 Å². The molecular weight excluding hydrogens is 224 g/mol. The van der Waals surface area contributed by atoms with Crippen molar-refractivity contribution in [3.8, 4) is 0 Å². The number of carbonyl (C=O) groups excluding carboxylic acids is 1. The molecule has 90 valence electrons. The molecule has 2 fully saturated rings. The van der Waals surface area contributed by atoms with Gasteiger partial charge in [-0.05, 0) is 13.0 Å². The molecular formula is C11H12N2O4. The van der Waals surface area contributed by atoms with Crippen LogP contribution in [0.15, 0.2) is 24.1 Å². The SMILES string of the molecule is C=CC1=C(OC(=O)O)N2C(=O)[C@H]3NCCC1[C@H]32. The summed E-state index contributed by atoms with van der Waals surface area (Å²) < 4.78 is 4.73. The summed E-state index contributed by atoms with van der Waals surface area (Å²) in [6.07, 6.45) is 1.05. The fourth-order valence-electron chi connectivity index (χ4n) is 3.00. The van der Waals surface area contributed by atoms with Crippen LogP contribution >= 0.6 is 0 Å². The van der Waals surface area contributed by atoms with Crippen molar-refractivity contribution in [3.63, 3.8) is 0 Å². The van der Waals surface area contributed by atoms with Gasteiger partial charge in [0.05, 0.1) is 6.04 Å². The molecule has 2 N–H and O–H groups in total. The van der Waals surface area contributed by atoms with E-state index in [0.717, 1.165) is 18.5 Å². The Balaban J connectivity index is 2.00. The molecule has 0 aromatic heterocycles. The molecule has 0 aliphatic carbocycles. The van der Waals surface area contributed by atoms with Gasteiger partial charge in [-0.3, -0.25) is 9.69 Å². The van der Waals surface area contributed by atoms with E-state index in [2.05, 4.69) is 11.9 Å². The molecule has 0 bridgehead atoms. The molecule has 6 nitrogen and oxygen atoms in total. The predicted octanol–water partition coefficient (Wildman–Crippen LogP) is 0.281. The lowest BCUT2D eigenvalue weighted by Crippen LogP contribution is -2.71. The maximum atomic E-state index is 11.8. The van der Waals surface area contributed by atoms with Crippen molar-refractivity contribution in [2.24, 2.45) is 5.92 Å². The Hall–Kier alpha value is -1.82. The average Bonchev–Trinajstić information content (AvgIpc) is 2.59. The first-order valence-electron chi connectivity index (χ1n) is 5.49. The highest BCUT2D eigenvalue weighted by atomic mass is 16.7. The summed E-state index contributed by atoms with van der Waals surface area (Å²) in [6.45, 7) is 4.43. The van der Waals surface area contributed by atoms with E-state index in [4.69, 9.17) is 9.84 Å². The third kappa shape index (κ3) is 1.18. The van der Waals surface area contributed by atoms with Crippen molar-refractivity contribution < 1.29 is 19.4 Å². The van der Waals surface area contributed by atoms with Gasteiger partial charge in [0.15, 0.2) is 0 Å². The summed E-state index contributed by atoms with van der Waals surface area (Å²) in [6, 6.07) is -0.197. The zero-order valence-corrected chi connectivity index (χ0v) is 9.05. The molecule has 3 atom stereocenters. The van der Waals surface area contributed by atoms with E-state index in [1.807, 2.05) is 0 Å². The number of carboxylic acid groups (broad SMARTS) is 1. The molecule has 3 aliphatic rings. The van der Waals surface area contributed by atoms with E-state index >= 15 is 0 Å². The Morgan fingerprint density at radius 2 is 2.41 bits per heavy atom. The normalized spacial score (nSPS) is 34.2. The van der Waals surface area contributed by atoms with Crippen molar-refractivity contribution in [1.82, 2.24) is 10.2 Å². The average molecular weight is 236 g/mol. The molecule has 0 spiro atoms. The van der Waals surface area contributed by atoms with E-state index in [-0.39, 0.29) is 29.8 Å². The number of nitrogens with one attached hydrogen (secondary N) is 1. The highest BCUT2D eigenvalue weighted by Gasteiger charge is 2.60. The maximum Gasteiger partial charge on any atom is 0.512 e. The summed E-state index contributed by atoms with van der Waals surface area (Å²) in [5.41, 5.74) is 0.731. The molecule has 3 aliphatic heterocycles. The third-order valence-corrected chi connectivity index (χ3v) is 3.64. The molecule has 2 saturated heterocycles. The van der Waals surface area contributed by atoms with Gasteiger partial charge in [-0.25, -0.2) is 4.79 Å². The number of allylic oxidation sites excluding steroid dienone is 1. The first kappa shape index (κ1) is 10.3. The monoisotopic (exact) mass is 236 g/mol. The molecule has 3 heterocycles. The maximum absolute atomic E-state index is 11.8. The third-order valence-electron chi connectivity index (χ3n) is 3.64. The van der Waals surface area contributed by atoms with Gasteiger partial charge in [-0.15, -0.1) is 0 Å². The smallest absolute Gasteiger partial charge is 0.449 e. The van der Waals surface area contributed by atoms with E-state index < -0.39 is 6.16 Å². The van der Waals surface area contributed by atoms with E-state index in [0.29, 0.717) is 0 Å². The number of nitrogens with zero attached hydrogens (tertiary/aromatic N) is 1. The second-order valence-corrected chi connectivity index (χ2v) is 4.36. The van der Waals surface area contributed by atoms with Gasteiger partial charge in [-0.2, -0.15) is 0 Å². The van der Waals surface area contributed by atoms with Crippen LogP contribution in [0, 0.1) is 5.92 Å². The Labute approximate surface area is 97.5 Å². The number of ether oxygens (including phenoxy) is 1. The summed E-state index contributed by atoms with van der Waals surface area (Å²) in [4.78, 5) is 23.9. The second kappa shape index (κ2) is 3.33. The van der Waals surface area contributed by atoms with Gasteiger partial charge < -0.3 is 15.2 Å². The van der Waals surface area contributed by atoms with E-state index in [1.165, 1.54) is 4.90 Å². The largest absolute Gasteiger partial charge is 0.512 e. The topological polar surface area (TPSA) is 78.9 Å². The van der Waals surface area contributed by atoms with Crippen molar-refractivity contribution in [3.05, 3.63) is 24.1 Å². The van der Waals surface area contributed by atoms with E-state index in [9.17, 15) is 9.59 Å². The van der Waals surface area contributed by atoms with Crippen LogP contribution in [0.5, 0.6) is 0 Å². The minimum Gasteiger partial charge on any atom is -0.449 e. The molecule has 6 heteroatoms. The van der Waals surface area contributed by atoms with Crippen LogP contribution in [0.3, 0.4) is 0 Å². The van der Waals surface area contributed by atoms with Crippen molar-refractivity contribution >= 4 is 12.1 Å². The molecule has 17 heavy (non-hydrogen) atoms. The summed E-state index contributed by atoms with van der Waals surface area (Å²) in [7, 11) is 0. The van der Waals surface area contributed by atoms with Crippen LogP contribution in [-0.4, -0.2) is 40.7 Å². The first-order chi connectivity index (χ1) is 8.15. The molecule has 0 radical (unpaired) electrons. The Morgan fingerprint density at radius 1 is 1.65 bits per heavy atom. The Bertz CT molecular complexity index is 456. The predicted molar refractivity (Wildman–Crippen MR) is 56.9 cm³/mol. The number of piperidine rings is 1. The summed E-state index contributed by atoms with van der Waals surface area (Å²) in [5, 5.41) is 11.8. The molecule has 0 aromatic carbocycles.